The lowest BCUT2D eigenvalue weighted by molar-refractivity contribution is -0.147. The summed E-state index contributed by atoms with van der Waals surface area (Å²) in [6, 6.07) is 0. The Morgan fingerprint density at radius 2 is 1.38 bits per heavy atom. The summed E-state index contributed by atoms with van der Waals surface area (Å²) >= 11 is 0. The van der Waals surface area contributed by atoms with Gasteiger partial charge in [-0.1, -0.05) is 122 Å². The van der Waals surface area contributed by atoms with Gasteiger partial charge < -0.3 is 35.4 Å². The molecule has 1 rings (SSSR count). The maximum Gasteiger partial charge on any atom is 0.472 e. The Balaban J connectivity index is 2.35. The first kappa shape index (κ1) is 51.5. The second-order valence-corrected chi connectivity index (χ2v) is 16.7. The maximum atomic E-state index is 12.5. The van der Waals surface area contributed by atoms with E-state index in [0.29, 0.717) is 19.3 Å². The van der Waals surface area contributed by atoms with E-state index in [0.717, 1.165) is 64.2 Å². The van der Waals surface area contributed by atoms with Crippen LogP contribution in [0.25, 0.3) is 0 Å². The van der Waals surface area contributed by atoms with Crippen LogP contribution in [0.4, 0.5) is 0 Å². The summed E-state index contributed by atoms with van der Waals surface area (Å²) in [7, 11) is -4.32. The number of allylic oxidation sites excluding steroid dienone is 3. The second-order valence-electron chi connectivity index (χ2n) is 15.2. The van der Waals surface area contributed by atoms with Crippen LogP contribution in [-0.2, 0) is 27.9 Å². The topological polar surface area (TPSA) is 178 Å². The Kier molecular flexibility index (Phi) is 32.3. The number of carbonyl (C=O) groups excluding carboxylic acids is 1. The van der Waals surface area contributed by atoms with Crippen molar-refractivity contribution in [1.29, 1.82) is 0 Å². The molecule has 0 spiro atoms. The smallest absolute Gasteiger partial charge is 0.472 e. The Hall–Kier alpha value is -1.56. The normalized spacial score (nSPS) is 21.1. The van der Waals surface area contributed by atoms with Gasteiger partial charge in [-0.25, -0.2) is 4.57 Å². The van der Waals surface area contributed by atoms with Crippen molar-refractivity contribution in [3.63, 3.8) is 0 Å². The van der Waals surface area contributed by atoms with Crippen molar-refractivity contribution in [2.45, 2.75) is 192 Å². The molecule has 0 heterocycles. The van der Waals surface area contributed by atoms with Gasteiger partial charge in [-0.05, 0) is 69.8 Å². The number of rotatable bonds is 37. The molecule has 11 nitrogen and oxygen atoms in total. The van der Waals surface area contributed by atoms with Crippen molar-refractivity contribution in [3.8, 4) is 0 Å². The Bertz CT molecular complexity index is 1060. The van der Waals surface area contributed by atoms with Gasteiger partial charge in [0.2, 0.25) is 0 Å². The molecule has 0 radical (unpaired) electrons. The van der Waals surface area contributed by atoms with Crippen LogP contribution in [0.5, 0.6) is 0 Å². The van der Waals surface area contributed by atoms with Crippen LogP contribution in [-0.4, -0.2) is 77.0 Å². The fraction of sp³-hybridized carbons (Fsp3) is 0.837. The summed E-state index contributed by atoms with van der Waals surface area (Å²) < 4.78 is 33.2. The molecular weight excluding hydrogens is 721 g/mol. The SMILES string of the molecule is CCCCCC/C=C\CCCCCCCC/C=C/O[C@H](COC(=O)CCCCCC[C@@H]1[C@@H](/C=C/[C@@H](O)CCCCC)[C@H](O)C[C@@H]1O)COP(=O)(O)OCCN. The molecule has 0 amide bonds. The summed E-state index contributed by atoms with van der Waals surface area (Å²) in [5.41, 5.74) is 5.36. The minimum atomic E-state index is -4.32. The molecule has 1 fully saturated rings. The number of carbonyl (C=O) groups is 1. The molecule has 0 aromatic rings. The molecule has 0 aromatic carbocycles. The molecule has 0 saturated heterocycles. The molecule has 1 aliphatic rings. The van der Waals surface area contributed by atoms with E-state index in [1.807, 2.05) is 12.2 Å². The lowest BCUT2D eigenvalue weighted by atomic mass is 9.88. The van der Waals surface area contributed by atoms with E-state index in [1.165, 1.54) is 70.5 Å². The predicted molar refractivity (Wildman–Crippen MR) is 221 cm³/mol. The third kappa shape index (κ3) is 28.5. The highest BCUT2D eigenvalue weighted by molar-refractivity contribution is 7.47. The molecule has 0 aliphatic heterocycles. The molecule has 322 valence electrons. The van der Waals surface area contributed by atoms with Crippen molar-refractivity contribution in [3.05, 3.63) is 36.6 Å². The van der Waals surface area contributed by atoms with Crippen LogP contribution >= 0.6 is 7.82 Å². The highest BCUT2D eigenvalue weighted by Gasteiger charge is 2.39. The third-order valence-corrected chi connectivity index (χ3v) is 11.2. The van der Waals surface area contributed by atoms with E-state index in [1.54, 1.807) is 6.08 Å². The number of hydrogen-bond donors (Lipinski definition) is 5. The zero-order valence-corrected chi connectivity index (χ0v) is 35.4. The highest BCUT2D eigenvalue weighted by atomic mass is 31.2. The third-order valence-electron chi connectivity index (χ3n) is 10.2. The Morgan fingerprint density at radius 1 is 0.782 bits per heavy atom. The standard InChI is InChI=1S/C43H80NO10P/c1-3-5-7-8-9-10-11-12-13-14-15-16-17-18-21-25-32-51-38(36-54-55(49,50)53-33-31-44)35-52-43(48)28-24-20-19-23-27-39-40(42(47)34-41(39)46)30-29-37(45)26-22-6-4-2/h10-11,25,29-30,32,37-42,45-47H,3-9,12-24,26-28,31,33-36,44H2,1-2H3,(H,49,50)/b11-10-,30-29+,32-25+/t37-,38+,39+,40+,41-,42+/m0/s1. The molecule has 1 unspecified atom stereocenters. The summed E-state index contributed by atoms with van der Waals surface area (Å²) in [6.45, 7) is 3.86. The minimum Gasteiger partial charge on any atom is -0.492 e. The summed E-state index contributed by atoms with van der Waals surface area (Å²) in [4.78, 5) is 22.4. The number of phosphoric acid groups is 1. The van der Waals surface area contributed by atoms with E-state index >= 15 is 0 Å². The van der Waals surface area contributed by atoms with Crippen LogP contribution in [0.15, 0.2) is 36.6 Å². The van der Waals surface area contributed by atoms with E-state index in [9.17, 15) is 29.6 Å². The predicted octanol–water partition coefficient (Wildman–Crippen LogP) is 9.36. The van der Waals surface area contributed by atoms with Crippen molar-refractivity contribution in [2.75, 3.05) is 26.4 Å². The molecule has 7 atom stereocenters. The van der Waals surface area contributed by atoms with Crippen LogP contribution < -0.4 is 5.73 Å². The zero-order chi connectivity index (χ0) is 40.4. The molecule has 1 saturated carbocycles. The van der Waals surface area contributed by atoms with Crippen molar-refractivity contribution < 1.29 is 48.1 Å². The number of unbranched alkanes of at least 4 members (excludes halogenated alkanes) is 16. The van der Waals surface area contributed by atoms with Crippen LogP contribution in [0.1, 0.15) is 168 Å². The van der Waals surface area contributed by atoms with Crippen LogP contribution in [0.3, 0.4) is 0 Å². The lowest BCUT2D eigenvalue weighted by Crippen LogP contribution is -2.25. The van der Waals surface area contributed by atoms with Gasteiger partial charge in [-0.3, -0.25) is 13.8 Å². The van der Waals surface area contributed by atoms with E-state index < -0.39 is 32.2 Å². The molecule has 1 aliphatic carbocycles. The largest absolute Gasteiger partial charge is 0.492 e. The van der Waals surface area contributed by atoms with Gasteiger partial charge in [-0.15, -0.1) is 0 Å². The first-order valence-corrected chi connectivity index (χ1v) is 23.3. The lowest BCUT2D eigenvalue weighted by Gasteiger charge is -2.21. The average Bonchev–Trinajstić information content (AvgIpc) is 3.43. The maximum absolute atomic E-state index is 12.5. The fourth-order valence-electron chi connectivity index (χ4n) is 6.89. The van der Waals surface area contributed by atoms with Crippen LogP contribution in [0.2, 0.25) is 0 Å². The van der Waals surface area contributed by atoms with Crippen molar-refractivity contribution in [2.24, 2.45) is 17.6 Å². The van der Waals surface area contributed by atoms with Crippen molar-refractivity contribution in [1.82, 2.24) is 0 Å². The number of hydrogen-bond acceptors (Lipinski definition) is 10. The van der Waals surface area contributed by atoms with Crippen molar-refractivity contribution >= 4 is 13.8 Å². The molecule has 6 N–H and O–H groups in total. The number of aliphatic hydroxyl groups excluding tert-OH is 3. The number of phosphoric ester groups is 1. The van der Waals surface area contributed by atoms with Gasteiger partial charge in [0.05, 0.1) is 37.8 Å². The Morgan fingerprint density at radius 3 is 2.05 bits per heavy atom. The average molecular weight is 802 g/mol. The molecule has 55 heavy (non-hydrogen) atoms. The van der Waals surface area contributed by atoms with E-state index in [-0.39, 0.29) is 50.6 Å². The summed E-state index contributed by atoms with van der Waals surface area (Å²) in [5.74, 6) is -0.618. The Labute approximate surface area is 334 Å². The van der Waals surface area contributed by atoms with Gasteiger partial charge in [0.25, 0.3) is 0 Å². The number of esters is 1. The first-order valence-electron chi connectivity index (χ1n) is 21.8. The fourth-order valence-corrected chi connectivity index (χ4v) is 7.66. The van der Waals surface area contributed by atoms with Gasteiger partial charge in [-0.2, -0.15) is 0 Å². The number of nitrogens with two attached hydrogens (primary N) is 1. The number of aliphatic hydroxyl groups is 3. The summed E-state index contributed by atoms with van der Waals surface area (Å²) in [6.07, 6.45) is 33.2. The van der Waals surface area contributed by atoms with E-state index in [2.05, 4.69) is 26.0 Å². The quantitative estimate of drug-likeness (QED) is 0.0133. The molecule has 12 heteroatoms. The van der Waals surface area contributed by atoms with E-state index in [4.69, 9.17) is 24.3 Å². The molecule has 0 aromatic heterocycles. The molecular formula is C43H80NO10P. The summed E-state index contributed by atoms with van der Waals surface area (Å²) in [5, 5.41) is 31.3. The zero-order valence-electron chi connectivity index (χ0n) is 34.5. The van der Waals surface area contributed by atoms with Crippen LogP contribution in [0, 0.1) is 11.8 Å². The molecule has 0 bridgehead atoms. The van der Waals surface area contributed by atoms with Gasteiger partial charge in [0, 0.05) is 25.3 Å². The van der Waals surface area contributed by atoms with Gasteiger partial charge in [0.15, 0.2) is 6.10 Å². The number of ether oxygens (including phenoxy) is 2. The van der Waals surface area contributed by atoms with Gasteiger partial charge in [0.1, 0.15) is 6.61 Å². The highest BCUT2D eigenvalue weighted by Crippen LogP contribution is 2.43. The minimum absolute atomic E-state index is 0.0561. The van der Waals surface area contributed by atoms with Gasteiger partial charge >= 0.3 is 13.8 Å². The monoisotopic (exact) mass is 802 g/mol. The second kappa shape index (κ2) is 34.5. The first-order chi connectivity index (χ1) is 26.6.